The van der Waals surface area contributed by atoms with E-state index >= 15 is 0 Å². The molecule has 0 aromatic heterocycles. The van der Waals surface area contributed by atoms with Crippen LogP contribution in [0.25, 0.3) is 0 Å². The topological polar surface area (TPSA) is 86.7 Å². The molecule has 0 saturated carbocycles. The molecule has 6 nitrogen and oxygen atoms in total. The van der Waals surface area contributed by atoms with Crippen LogP contribution in [-0.4, -0.2) is 66.5 Å². The van der Waals surface area contributed by atoms with Crippen molar-refractivity contribution in [2.45, 2.75) is 0 Å². The Bertz CT molecular complexity index is 468. The Morgan fingerprint density at radius 2 is 1.05 bits per heavy atom. The lowest BCUT2D eigenvalue weighted by atomic mass is 11.8. The molecule has 2 unspecified atom stereocenters. The van der Waals surface area contributed by atoms with Crippen molar-refractivity contribution in [1.29, 1.82) is 0 Å². The van der Waals surface area contributed by atoms with Crippen molar-refractivity contribution in [2.24, 2.45) is 0 Å². The fourth-order valence-electron chi connectivity index (χ4n) is 0.725. The third kappa shape index (κ3) is 32.6. The Morgan fingerprint density at radius 1 is 0.773 bits per heavy atom. The van der Waals surface area contributed by atoms with E-state index in [0.717, 1.165) is 13.3 Å². The maximum Gasteiger partial charge on any atom is 0.238 e. The molecule has 0 aliphatic heterocycles. The monoisotopic (exact) mass is 406 g/mol. The normalized spacial score (nSPS) is 17.0. The van der Waals surface area contributed by atoms with Gasteiger partial charge in [0.05, 0.1) is 13.0 Å². The van der Waals surface area contributed by atoms with Crippen molar-refractivity contribution in [2.75, 3.05) is 66.5 Å². The van der Waals surface area contributed by atoms with E-state index in [0.29, 0.717) is 0 Å². The van der Waals surface area contributed by atoms with Crippen LogP contribution in [0.2, 0.25) is 0 Å². The maximum atomic E-state index is 11.4. The zero-order chi connectivity index (χ0) is 18.8. The average molecular weight is 406 g/mol. The van der Waals surface area contributed by atoms with Crippen molar-refractivity contribution in [3.8, 4) is 0 Å². The lowest BCUT2D eigenvalue weighted by Crippen LogP contribution is -1.90. The Labute approximate surface area is 132 Å². The van der Waals surface area contributed by atoms with E-state index in [1.165, 1.54) is 27.5 Å². The molecular weight excluding hydrogens is 378 g/mol. The minimum atomic E-state index is -3.14. The molecule has 0 N–H and O–H groups in total. The molecule has 0 fully saturated rings. The first-order chi connectivity index (χ1) is 9.39. The summed E-state index contributed by atoms with van der Waals surface area (Å²) in [5, 5.41) is 0. The van der Waals surface area contributed by atoms with Crippen LogP contribution in [0.4, 0.5) is 8.59 Å². The number of hydrogen-bond donors (Lipinski definition) is 0. The van der Waals surface area contributed by atoms with E-state index < -0.39 is 35.7 Å². The maximum absolute atomic E-state index is 11.4. The van der Waals surface area contributed by atoms with Gasteiger partial charge in [0, 0.05) is 40.9 Å². The van der Waals surface area contributed by atoms with Crippen LogP contribution in [-0.2, 0) is 27.3 Å². The molecule has 138 valence electrons. The van der Waals surface area contributed by atoms with Gasteiger partial charge in [-0.15, -0.1) is 0 Å². The second-order valence-electron chi connectivity index (χ2n) is 5.45. The lowest BCUT2D eigenvalue weighted by Gasteiger charge is -2.12. The molecule has 12 heteroatoms. The van der Waals surface area contributed by atoms with Crippen LogP contribution in [0, 0.1) is 0 Å². The van der Waals surface area contributed by atoms with Crippen LogP contribution < -0.4 is 0 Å². The van der Waals surface area contributed by atoms with E-state index in [9.17, 15) is 26.8 Å². The molecule has 0 aromatic carbocycles. The molecule has 22 heavy (non-hydrogen) atoms. The number of hydrogen-bond acceptors (Lipinski definition) is 6. The predicted molar refractivity (Wildman–Crippen MR) is 91.9 cm³/mol. The van der Waals surface area contributed by atoms with E-state index in [1.54, 1.807) is 13.3 Å². The summed E-state index contributed by atoms with van der Waals surface area (Å²) in [6, 6.07) is 0. The van der Waals surface area contributed by atoms with Crippen LogP contribution >= 0.6 is 29.3 Å². The van der Waals surface area contributed by atoms with Crippen molar-refractivity contribution in [3.05, 3.63) is 0 Å². The van der Waals surface area contributed by atoms with Crippen LogP contribution in [0.1, 0.15) is 0 Å². The highest BCUT2D eigenvalue weighted by Crippen LogP contribution is 2.55. The van der Waals surface area contributed by atoms with Crippen molar-refractivity contribution in [1.82, 2.24) is 0 Å². The van der Waals surface area contributed by atoms with Gasteiger partial charge in [-0.3, -0.25) is 13.7 Å². The number of halogens is 2. The summed E-state index contributed by atoms with van der Waals surface area (Å²) in [6.45, 7) is 8.14. The smallest absolute Gasteiger partial charge is 0.238 e. The van der Waals surface area contributed by atoms with Gasteiger partial charge in [0.2, 0.25) is 22.2 Å². The molecule has 0 aromatic rings. The van der Waals surface area contributed by atoms with Gasteiger partial charge in [-0.1, -0.05) is 0 Å². The van der Waals surface area contributed by atoms with Crippen molar-refractivity contribution < 1.29 is 35.9 Å². The van der Waals surface area contributed by atoms with Gasteiger partial charge in [-0.25, -0.2) is 4.39 Å². The first-order valence-corrected chi connectivity index (χ1v) is 15.8. The molecular formula is C10H28F2O6P4. The minimum absolute atomic E-state index is 0.205. The van der Waals surface area contributed by atoms with Crippen LogP contribution in [0.3, 0.4) is 0 Å². The van der Waals surface area contributed by atoms with E-state index in [-0.39, 0.29) is 5.90 Å². The van der Waals surface area contributed by atoms with Crippen molar-refractivity contribution in [3.63, 3.8) is 0 Å². The Balaban J connectivity index is -0.000000263. The zero-order valence-electron chi connectivity index (χ0n) is 14.4. The quantitative estimate of drug-likeness (QED) is 0.592. The minimum Gasteiger partial charge on any atom is -0.332 e. The number of alkyl halides is 1. The average Bonchev–Trinajstić information content (AvgIpc) is 2.25. The van der Waals surface area contributed by atoms with E-state index in [1.807, 2.05) is 0 Å². The zero-order valence-corrected chi connectivity index (χ0v) is 18.0. The largest absolute Gasteiger partial charge is 0.332 e. The van der Waals surface area contributed by atoms with Gasteiger partial charge in [-0.2, -0.15) is 4.20 Å². The van der Waals surface area contributed by atoms with Gasteiger partial charge in [0.25, 0.3) is 0 Å². The Morgan fingerprint density at radius 3 is 1.09 bits per heavy atom. The lowest BCUT2D eigenvalue weighted by molar-refractivity contribution is 0.379. The van der Waals surface area contributed by atoms with Crippen molar-refractivity contribution >= 4 is 29.3 Å². The van der Waals surface area contributed by atoms with Gasteiger partial charge in [0.15, 0.2) is 6.42 Å². The van der Waals surface area contributed by atoms with E-state index in [2.05, 4.69) is 4.52 Å². The molecule has 0 radical (unpaired) electrons. The van der Waals surface area contributed by atoms with Crippen LogP contribution in [0.5, 0.6) is 0 Å². The Kier molecular flexibility index (Phi) is 14.1. The van der Waals surface area contributed by atoms with Gasteiger partial charge >= 0.3 is 0 Å². The molecule has 0 bridgehead atoms. The molecule has 2 atom stereocenters. The first-order valence-electron chi connectivity index (χ1n) is 5.98. The highest BCUT2D eigenvalue weighted by Gasteiger charge is 2.22. The van der Waals surface area contributed by atoms with Gasteiger partial charge < -0.3 is 13.6 Å². The molecule has 0 aliphatic rings. The Hall–Kier alpha value is 0.700. The fraction of sp³-hybridized carbons (Fsp3) is 1.00. The summed E-state index contributed by atoms with van der Waals surface area (Å²) < 4.78 is 73.8. The van der Waals surface area contributed by atoms with Gasteiger partial charge in [0.1, 0.15) is 0 Å². The molecule has 0 saturated heterocycles. The second kappa shape index (κ2) is 11.3. The first kappa shape index (κ1) is 27.5. The molecule has 0 aliphatic carbocycles. The standard InChI is InChI=1S/C5H14O3P2.C3H8FO2P.C2H6FOP/c1-8-10(4,7)5-9(2,3)6;1-6-7(2,5)3-4;1-5(2,3)4/h5H2,1-4H3;3H2,1-2H3;1-2H3. The molecule has 0 rings (SSSR count). The molecule has 0 amide bonds. The summed E-state index contributed by atoms with van der Waals surface area (Å²) >= 11 is 0. The summed E-state index contributed by atoms with van der Waals surface area (Å²) in [4.78, 5) is 0. The van der Waals surface area contributed by atoms with Crippen LogP contribution in [0.15, 0.2) is 0 Å². The number of rotatable bonds is 5. The highest BCUT2D eigenvalue weighted by molar-refractivity contribution is 7.77. The van der Waals surface area contributed by atoms with E-state index in [4.69, 9.17) is 4.52 Å². The SMILES string of the molecule is COP(C)(=O)CF.COP(C)(=O)CP(C)(C)=O.CP(C)(=O)F. The second-order valence-corrected chi connectivity index (χ2v) is 17.2. The molecule has 0 spiro atoms. The summed E-state index contributed by atoms with van der Waals surface area (Å²) in [5.41, 5.74) is 0. The predicted octanol–water partition coefficient (Wildman–Crippen LogP) is 5.08. The molecule has 0 heterocycles. The summed E-state index contributed by atoms with van der Waals surface area (Å²) in [6.07, 6.45) is -0.872. The third-order valence-electron chi connectivity index (χ3n) is 1.59. The van der Waals surface area contributed by atoms with Gasteiger partial charge in [-0.05, 0) is 13.3 Å². The third-order valence-corrected chi connectivity index (χ3v) is 8.35. The summed E-state index contributed by atoms with van der Waals surface area (Å²) in [5.74, 6) is 0.205. The summed E-state index contributed by atoms with van der Waals surface area (Å²) in [7, 11) is -8.09. The fourth-order valence-corrected chi connectivity index (χ4v) is 6.23. The highest BCUT2D eigenvalue weighted by atomic mass is 31.2.